The third kappa shape index (κ3) is 3.38. The van der Waals surface area contributed by atoms with E-state index in [4.69, 9.17) is 0 Å². The van der Waals surface area contributed by atoms with Gasteiger partial charge in [0, 0.05) is 10.6 Å². The first-order valence-corrected chi connectivity index (χ1v) is 6.72. The van der Waals surface area contributed by atoms with Crippen LogP contribution < -0.4 is 5.32 Å². The number of amides is 1. The molecule has 98 valence electrons. The fourth-order valence-corrected chi connectivity index (χ4v) is 2.08. The van der Waals surface area contributed by atoms with Gasteiger partial charge in [0.1, 0.15) is 0 Å². The number of thiol groups is 1. The van der Waals surface area contributed by atoms with Crippen molar-refractivity contribution in [3.8, 4) is 0 Å². The number of benzene rings is 2. The van der Waals surface area contributed by atoms with Gasteiger partial charge >= 0.3 is 0 Å². The lowest BCUT2D eigenvalue weighted by atomic mass is 10.0. The van der Waals surface area contributed by atoms with E-state index in [9.17, 15) is 4.79 Å². The van der Waals surface area contributed by atoms with Crippen LogP contribution in [0.4, 0.5) is 5.69 Å². The number of rotatable bonds is 3. The molecule has 0 aliphatic heterocycles. The zero-order valence-corrected chi connectivity index (χ0v) is 11.9. The molecule has 0 aromatic heterocycles. The molecular weight excluding hydrogens is 254 g/mol. The van der Waals surface area contributed by atoms with Crippen molar-refractivity contribution in [2.24, 2.45) is 0 Å². The molecule has 0 radical (unpaired) electrons. The summed E-state index contributed by atoms with van der Waals surface area (Å²) in [6.07, 6.45) is 0. The van der Waals surface area contributed by atoms with E-state index in [0.29, 0.717) is 16.4 Å². The average molecular weight is 271 g/mol. The van der Waals surface area contributed by atoms with E-state index in [1.807, 2.05) is 36.4 Å². The maximum absolute atomic E-state index is 12.1. The van der Waals surface area contributed by atoms with Crippen LogP contribution in [-0.2, 0) is 0 Å². The Morgan fingerprint density at radius 3 is 2.26 bits per heavy atom. The summed E-state index contributed by atoms with van der Waals surface area (Å²) in [7, 11) is 0. The molecule has 2 rings (SSSR count). The number of hydrogen-bond acceptors (Lipinski definition) is 2. The Kier molecular flexibility index (Phi) is 4.27. The number of carbonyl (C=O) groups excluding carboxylic acids is 1. The quantitative estimate of drug-likeness (QED) is 0.798. The molecule has 0 saturated heterocycles. The van der Waals surface area contributed by atoms with Gasteiger partial charge in [-0.3, -0.25) is 4.79 Å². The highest BCUT2D eigenvalue weighted by atomic mass is 32.1. The van der Waals surface area contributed by atoms with Gasteiger partial charge in [0.05, 0.1) is 5.56 Å². The van der Waals surface area contributed by atoms with Crippen LogP contribution >= 0.6 is 12.6 Å². The molecule has 0 fully saturated rings. The molecule has 2 aromatic carbocycles. The minimum Gasteiger partial charge on any atom is -0.322 e. The summed E-state index contributed by atoms with van der Waals surface area (Å²) in [6.45, 7) is 4.29. The van der Waals surface area contributed by atoms with Crippen LogP contribution in [0, 0.1) is 0 Å². The van der Waals surface area contributed by atoms with Crippen molar-refractivity contribution in [3.63, 3.8) is 0 Å². The standard InChI is InChI=1S/C16H17NOS/c1-11(2)12-7-9-13(10-8-12)17-16(18)14-5-3-4-6-15(14)19/h3-11,19H,1-2H3,(H,17,18). The van der Waals surface area contributed by atoms with E-state index in [2.05, 4.69) is 31.8 Å². The predicted octanol–water partition coefficient (Wildman–Crippen LogP) is 4.35. The van der Waals surface area contributed by atoms with Crippen LogP contribution in [0.3, 0.4) is 0 Å². The zero-order valence-electron chi connectivity index (χ0n) is 11.1. The Morgan fingerprint density at radius 2 is 1.68 bits per heavy atom. The average Bonchev–Trinajstić information content (AvgIpc) is 2.39. The molecule has 1 N–H and O–H groups in total. The van der Waals surface area contributed by atoms with E-state index in [0.717, 1.165) is 5.69 Å². The van der Waals surface area contributed by atoms with Gasteiger partial charge in [-0.25, -0.2) is 0 Å². The van der Waals surface area contributed by atoms with Gasteiger partial charge in [-0.05, 0) is 35.7 Å². The molecule has 0 unspecified atom stereocenters. The number of anilines is 1. The highest BCUT2D eigenvalue weighted by Gasteiger charge is 2.09. The van der Waals surface area contributed by atoms with Crippen LogP contribution in [0.1, 0.15) is 35.7 Å². The van der Waals surface area contributed by atoms with Crippen molar-refractivity contribution < 1.29 is 4.79 Å². The zero-order chi connectivity index (χ0) is 13.8. The fourth-order valence-electron chi connectivity index (χ4n) is 1.82. The Hall–Kier alpha value is -1.74. The maximum atomic E-state index is 12.1. The minimum atomic E-state index is -0.136. The predicted molar refractivity (Wildman–Crippen MR) is 82.2 cm³/mol. The molecule has 19 heavy (non-hydrogen) atoms. The van der Waals surface area contributed by atoms with Crippen molar-refractivity contribution in [2.75, 3.05) is 5.32 Å². The molecule has 0 saturated carbocycles. The number of nitrogens with one attached hydrogen (secondary N) is 1. The lowest BCUT2D eigenvalue weighted by molar-refractivity contribution is 0.102. The Labute approximate surface area is 119 Å². The van der Waals surface area contributed by atoms with E-state index in [1.165, 1.54) is 5.56 Å². The molecule has 2 aromatic rings. The van der Waals surface area contributed by atoms with Crippen LogP contribution in [0.5, 0.6) is 0 Å². The first-order valence-electron chi connectivity index (χ1n) is 6.27. The van der Waals surface area contributed by atoms with Gasteiger partial charge in [-0.1, -0.05) is 38.1 Å². The Balaban J connectivity index is 2.13. The summed E-state index contributed by atoms with van der Waals surface area (Å²) >= 11 is 4.29. The fraction of sp³-hybridized carbons (Fsp3) is 0.188. The second-order valence-corrected chi connectivity index (χ2v) is 5.23. The summed E-state index contributed by atoms with van der Waals surface area (Å²) in [6, 6.07) is 15.2. The van der Waals surface area contributed by atoms with Gasteiger partial charge in [-0.15, -0.1) is 12.6 Å². The number of hydrogen-bond donors (Lipinski definition) is 2. The molecule has 0 bridgehead atoms. The van der Waals surface area contributed by atoms with Crippen molar-refractivity contribution in [1.29, 1.82) is 0 Å². The Morgan fingerprint density at radius 1 is 1.05 bits per heavy atom. The van der Waals surface area contributed by atoms with E-state index in [-0.39, 0.29) is 5.91 Å². The topological polar surface area (TPSA) is 29.1 Å². The van der Waals surface area contributed by atoms with Gasteiger partial charge in [0.2, 0.25) is 0 Å². The summed E-state index contributed by atoms with van der Waals surface area (Å²) in [5.74, 6) is 0.353. The molecule has 1 amide bonds. The van der Waals surface area contributed by atoms with Crippen molar-refractivity contribution in [3.05, 3.63) is 59.7 Å². The molecule has 0 atom stereocenters. The molecule has 0 heterocycles. The molecule has 2 nitrogen and oxygen atoms in total. The molecule has 3 heteroatoms. The van der Waals surface area contributed by atoms with Crippen LogP contribution in [-0.4, -0.2) is 5.91 Å². The van der Waals surface area contributed by atoms with Crippen molar-refractivity contribution >= 4 is 24.2 Å². The Bertz CT molecular complexity index is 576. The number of carbonyl (C=O) groups is 1. The summed E-state index contributed by atoms with van der Waals surface area (Å²) in [5, 5.41) is 2.88. The summed E-state index contributed by atoms with van der Waals surface area (Å²) < 4.78 is 0. The third-order valence-electron chi connectivity index (χ3n) is 2.98. The van der Waals surface area contributed by atoms with Gasteiger partial charge < -0.3 is 5.32 Å². The van der Waals surface area contributed by atoms with Crippen LogP contribution in [0.2, 0.25) is 0 Å². The van der Waals surface area contributed by atoms with Crippen LogP contribution in [0.25, 0.3) is 0 Å². The van der Waals surface area contributed by atoms with E-state index < -0.39 is 0 Å². The summed E-state index contributed by atoms with van der Waals surface area (Å²) in [5.41, 5.74) is 2.64. The normalized spacial score (nSPS) is 10.5. The second kappa shape index (κ2) is 5.93. The van der Waals surface area contributed by atoms with Gasteiger partial charge in [0.15, 0.2) is 0 Å². The van der Waals surface area contributed by atoms with E-state index >= 15 is 0 Å². The first kappa shape index (κ1) is 13.7. The van der Waals surface area contributed by atoms with Crippen molar-refractivity contribution in [2.45, 2.75) is 24.7 Å². The highest BCUT2D eigenvalue weighted by Crippen LogP contribution is 2.19. The largest absolute Gasteiger partial charge is 0.322 e. The van der Waals surface area contributed by atoms with Crippen LogP contribution in [0.15, 0.2) is 53.4 Å². The van der Waals surface area contributed by atoms with E-state index in [1.54, 1.807) is 12.1 Å². The minimum absolute atomic E-state index is 0.136. The smallest absolute Gasteiger partial charge is 0.256 e. The highest BCUT2D eigenvalue weighted by molar-refractivity contribution is 7.80. The molecular formula is C16H17NOS. The second-order valence-electron chi connectivity index (χ2n) is 4.75. The maximum Gasteiger partial charge on any atom is 0.256 e. The molecule has 0 spiro atoms. The SMILES string of the molecule is CC(C)c1ccc(NC(=O)c2ccccc2S)cc1. The summed E-state index contributed by atoms with van der Waals surface area (Å²) in [4.78, 5) is 12.8. The van der Waals surface area contributed by atoms with Gasteiger partial charge in [-0.2, -0.15) is 0 Å². The third-order valence-corrected chi connectivity index (χ3v) is 3.37. The first-order chi connectivity index (χ1) is 9.08. The lowest BCUT2D eigenvalue weighted by Gasteiger charge is -2.09. The lowest BCUT2D eigenvalue weighted by Crippen LogP contribution is -2.12. The monoisotopic (exact) mass is 271 g/mol. The molecule has 0 aliphatic carbocycles. The van der Waals surface area contributed by atoms with Gasteiger partial charge in [0.25, 0.3) is 5.91 Å². The van der Waals surface area contributed by atoms with Crippen molar-refractivity contribution in [1.82, 2.24) is 0 Å². The molecule has 0 aliphatic rings.